The van der Waals surface area contributed by atoms with Gasteiger partial charge in [-0.05, 0) is 19.8 Å². The molecule has 0 atom stereocenters. The van der Waals surface area contributed by atoms with Crippen molar-refractivity contribution in [1.29, 1.82) is 0 Å². The second-order valence-corrected chi connectivity index (χ2v) is 3.96. The molecule has 0 heterocycles. The van der Waals surface area contributed by atoms with Gasteiger partial charge in [0.15, 0.2) is 0 Å². The van der Waals surface area contributed by atoms with Gasteiger partial charge in [0, 0.05) is 0 Å². The molecule has 0 saturated carbocycles. The van der Waals surface area contributed by atoms with E-state index < -0.39 is 0 Å². The van der Waals surface area contributed by atoms with E-state index in [-0.39, 0.29) is 0 Å². The molecule has 0 aliphatic carbocycles. The van der Waals surface area contributed by atoms with Crippen molar-refractivity contribution < 1.29 is 0 Å². The van der Waals surface area contributed by atoms with Gasteiger partial charge in [-0.25, -0.2) is 0 Å². The van der Waals surface area contributed by atoms with Gasteiger partial charge in [-0.3, -0.25) is 0 Å². The SMILES string of the molecule is CC=CC=CC=CC=CC=CCCCCCC. The van der Waals surface area contributed by atoms with E-state index in [0.29, 0.717) is 0 Å². The maximum Gasteiger partial charge on any atom is -0.0348 e. The molecule has 0 heteroatoms. The Kier molecular flexibility index (Phi) is 13.6. The highest BCUT2D eigenvalue weighted by atomic mass is 13.9. The predicted molar refractivity (Wildman–Crippen MR) is 80.1 cm³/mol. The highest BCUT2D eigenvalue weighted by molar-refractivity contribution is 5.17. The molecule has 0 bridgehead atoms. The highest BCUT2D eigenvalue weighted by Gasteiger charge is 1.82. The summed E-state index contributed by atoms with van der Waals surface area (Å²) in [6, 6.07) is 0. The fraction of sp³-hybridized carbons (Fsp3) is 0.412. The molecule has 0 aromatic heterocycles. The van der Waals surface area contributed by atoms with E-state index in [1.807, 2.05) is 43.4 Å². The van der Waals surface area contributed by atoms with Gasteiger partial charge in [-0.15, -0.1) is 0 Å². The van der Waals surface area contributed by atoms with Crippen LogP contribution in [0.2, 0.25) is 0 Å². The van der Waals surface area contributed by atoms with Crippen LogP contribution in [0.4, 0.5) is 0 Å². The lowest BCUT2D eigenvalue weighted by atomic mass is 10.1. The maximum absolute atomic E-state index is 2.25. The van der Waals surface area contributed by atoms with Crippen LogP contribution in [-0.4, -0.2) is 0 Å². The van der Waals surface area contributed by atoms with Crippen molar-refractivity contribution in [2.75, 3.05) is 0 Å². The first-order chi connectivity index (χ1) is 8.41. The molecule has 0 amide bonds. The zero-order chi connectivity index (χ0) is 12.6. The summed E-state index contributed by atoms with van der Waals surface area (Å²) in [7, 11) is 0. The van der Waals surface area contributed by atoms with Crippen LogP contribution in [-0.2, 0) is 0 Å². The number of hydrogen-bond donors (Lipinski definition) is 0. The largest absolute Gasteiger partial charge is 0.0877 e. The third-order valence-corrected chi connectivity index (χ3v) is 2.33. The summed E-state index contributed by atoms with van der Waals surface area (Å²) in [6.07, 6.45) is 27.2. The minimum Gasteiger partial charge on any atom is -0.0877 e. The number of allylic oxidation sites excluding steroid dienone is 10. The molecule has 0 aromatic carbocycles. The summed E-state index contributed by atoms with van der Waals surface area (Å²) in [4.78, 5) is 0. The van der Waals surface area contributed by atoms with E-state index in [4.69, 9.17) is 0 Å². The van der Waals surface area contributed by atoms with Crippen LogP contribution in [0.15, 0.2) is 60.8 Å². The van der Waals surface area contributed by atoms with Crippen LogP contribution in [0, 0.1) is 0 Å². The Hall–Kier alpha value is -1.30. The van der Waals surface area contributed by atoms with Crippen LogP contribution in [0.5, 0.6) is 0 Å². The van der Waals surface area contributed by atoms with Gasteiger partial charge in [0.25, 0.3) is 0 Å². The minimum atomic E-state index is 1.20. The Morgan fingerprint density at radius 1 is 0.647 bits per heavy atom. The van der Waals surface area contributed by atoms with E-state index >= 15 is 0 Å². The molecular formula is C17H26. The summed E-state index contributed by atoms with van der Waals surface area (Å²) in [5.74, 6) is 0. The van der Waals surface area contributed by atoms with Crippen molar-refractivity contribution >= 4 is 0 Å². The third kappa shape index (κ3) is 14.7. The van der Waals surface area contributed by atoms with Crippen molar-refractivity contribution in [2.45, 2.75) is 46.0 Å². The van der Waals surface area contributed by atoms with Gasteiger partial charge >= 0.3 is 0 Å². The second-order valence-electron chi connectivity index (χ2n) is 3.96. The first kappa shape index (κ1) is 15.7. The fourth-order valence-electron chi connectivity index (χ4n) is 1.36. The molecule has 94 valence electrons. The third-order valence-electron chi connectivity index (χ3n) is 2.33. The molecule has 0 spiro atoms. The number of rotatable bonds is 9. The van der Waals surface area contributed by atoms with Crippen molar-refractivity contribution in [1.82, 2.24) is 0 Å². The summed E-state index contributed by atoms with van der Waals surface area (Å²) < 4.78 is 0. The summed E-state index contributed by atoms with van der Waals surface area (Å²) >= 11 is 0. The Labute approximate surface area is 107 Å². The average Bonchev–Trinajstić information content (AvgIpc) is 2.35. The Bertz CT molecular complexity index is 274. The van der Waals surface area contributed by atoms with Gasteiger partial charge in [-0.1, -0.05) is 86.9 Å². The van der Waals surface area contributed by atoms with E-state index in [0.717, 1.165) is 0 Å². The minimum absolute atomic E-state index is 1.20. The molecule has 0 aromatic rings. The molecular weight excluding hydrogens is 204 g/mol. The lowest BCUT2D eigenvalue weighted by molar-refractivity contribution is 0.674. The monoisotopic (exact) mass is 230 g/mol. The fourth-order valence-corrected chi connectivity index (χ4v) is 1.36. The zero-order valence-corrected chi connectivity index (χ0v) is 11.3. The summed E-state index contributed by atoms with van der Waals surface area (Å²) in [6.45, 7) is 4.26. The predicted octanol–water partition coefficient (Wildman–Crippen LogP) is 5.76. The van der Waals surface area contributed by atoms with Gasteiger partial charge in [0.2, 0.25) is 0 Å². The first-order valence-electron chi connectivity index (χ1n) is 6.69. The van der Waals surface area contributed by atoms with Gasteiger partial charge in [0.1, 0.15) is 0 Å². The van der Waals surface area contributed by atoms with Crippen LogP contribution >= 0.6 is 0 Å². The van der Waals surface area contributed by atoms with E-state index in [2.05, 4.69) is 31.2 Å². The quantitative estimate of drug-likeness (QED) is 0.349. The standard InChI is InChI=1S/C17H26/c1-3-5-7-9-11-13-15-17-16-14-12-10-8-6-4-2/h3,5,7,9,11,13-17H,4,6,8,10,12H2,1-2H3. The molecule has 0 fully saturated rings. The molecule has 0 radical (unpaired) electrons. The average molecular weight is 230 g/mol. The molecule has 0 aliphatic rings. The van der Waals surface area contributed by atoms with Crippen molar-refractivity contribution in [3.63, 3.8) is 0 Å². The lowest BCUT2D eigenvalue weighted by Crippen LogP contribution is -1.72. The van der Waals surface area contributed by atoms with Crippen LogP contribution in [0.25, 0.3) is 0 Å². The molecule has 0 nitrogen and oxygen atoms in total. The number of unbranched alkanes of at least 4 members (excludes halogenated alkanes) is 4. The lowest BCUT2D eigenvalue weighted by Gasteiger charge is -1.92. The maximum atomic E-state index is 2.25. The number of hydrogen-bond acceptors (Lipinski definition) is 0. The van der Waals surface area contributed by atoms with Crippen molar-refractivity contribution in [3.8, 4) is 0 Å². The second kappa shape index (κ2) is 14.7. The summed E-state index contributed by atoms with van der Waals surface area (Å²) in [5.41, 5.74) is 0. The topological polar surface area (TPSA) is 0 Å². The molecule has 0 rings (SSSR count). The van der Waals surface area contributed by atoms with Gasteiger partial charge in [0.05, 0.1) is 0 Å². The normalized spacial score (nSPS) is 13.3. The smallest absolute Gasteiger partial charge is 0.0348 e. The Balaban J connectivity index is 3.49. The van der Waals surface area contributed by atoms with Crippen LogP contribution < -0.4 is 0 Å². The van der Waals surface area contributed by atoms with E-state index in [9.17, 15) is 0 Å². The first-order valence-corrected chi connectivity index (χ1v) is 6.69. The van der Waals surface area contributed by atoms with E-state index in [1.54, 1.807) is 0 Å². The Morgan fingerprint density at radius 2 is 1.24 bits per heavy atom. The molecule has 0 saturated heterocycles. The van der Waals surface area contributed by atoms with Gasteiger partial charge in [-0.2, -0.15) is 0 Å². The zero-order valence-electron chi connectivity index (χ0n) is 11.3. The van der Waals surface area contributed by atoms with Crippen LogP contribution in [0.1, 0.15) is 46.0 Å². The molecule has 0 N–H and O–H groups in total. The molecule has 0 unspecified atom stereocenters. The van der Waals surface area contributed by atoms with E-state index in [1.165, 1.54) is 32.1 Å². The van der Waals surface area contributed by atoms with Gasteiger partial charge < -0.3 is 0 Å². The highest BCUT2D eigenvalue weighted by Crippen LogP contribution is 2.02. The van der Waals surface area contributed by atoms with Crippen LogP contribution in [0.3, 0.4) is 0 Å². The van der Waals surface area contributed by atoms with Crippen molar-refractivity contribution in [3.05, 3.63) is 60.8 Å². The summed E-state index contributed by atoms with van der Waals surface area (Å²) in [5, 5.41) is 0. The molecule has 0 aliphatic heterocycles. The Morgan fingerprint density at radius 3 is 1.82 bits per heavy atom. The molecule has 17 heavy (non-hydrogen) atoms. The van der Waals surface area contributed by atoms with Crippen molar-refractivity contribution in [2.24, 2.45) is 0 Å².